The second kappa shape index (κ2) is 20.1. The smallest absolute Gasteiger partial charge is 0.303 e. The van der Waals surface area contributed by atoms with E-state index in [2.05, 4.69) is 106 Å². The summed E-state index contributed by atoms with van der Waals surface area (Å²) in [5.74, 6) is 6.66. The van der Waals surface area contributed by atoms with Gasteiger partial charge in [-0.05, 0) is 215 Å². The molecule has 0 aromatic heterocycles. The van der Waals surface area contributed by atoms with Crippen molar-refractivity contribution in [3.8, 4) is 0 Å². The van der Waals surface area contributed by atoms with Gasteiger partial charge in [0.15, 0.2) is 17.4 Å². The van der Waals surface area contributed by atoms with Crippen LogP contribution < -0.4 is 0 Å². The summed E-state index contributed by atoms with van der Waals surface area (Å²) in [4.78, 5) is 23.1. The second-order valence-corrected chi connectivity index (χ2v) is 30.9. The Morgan fingerprint density at radius 1 is 0.468 bits per heavy atom. The van der Waals surface area contributed by atoms with Crippen LogP contribution in [-0.4, -0.2) is 97.2 Å². The number of alkyl halides is 1. The number of carbonyl (C=O) groups is 2. The zero-order chi connectivity index (χ0) is 55.2. The minimum Gasteiger partial charge on any atom is -0.458 e. The Hall–Kier alpha value is -1.90. The van der Waals surface area contributed by atoms with Crippen LogP contribution in [0.15, 0.2) is 48.6 Å². The first-order chi connectivity index (χ1) is 37.7. The molecule has 0 amide bonds. The number of ether oxygens (including phenoxy) is 8. The van der Waals surface area contributed by atoms with Crippen molar-refractivity contribution in [1.29, 1.82) is 0 Å². The maximum absolute atomic E-state index is 11.4. The van der Waals surface area contributed by atoms with E-state index in [0.29, 0.717) is 47.3 Å². The SMILES string of the molecule is CC(=O)OC1C=C[C@@]2(C)C(CCC3C2CC[C@@]2(C)C3CC(Br)C23OCCO3)C1.CC(=O)OC1C=C[C@@]2(C)C(CCC3C2CC[C@@]2(C)C3CCC23OCCO3)C1.C[C@]12C=CC(O)CC1CCC1C2CC[C@@]2(C)C1C=CC21OCCO1. The van der Waals surface area contributed by atoms with Gasteiger partial charge in [0.05, 0.1) is 50.6 Å². The van der Waals surface area contributed by atoms with E-state index in [1.165, 1.54) is 97.3 Å². The number of hydrogen-bond acceptors (Lipinski definition) is 11. The van der Waals surface area contributed by atoms with Crippen molar-refractivity contribution in [3.05, 3.63) is 48.6 Å². The molecular weight excluding hydrogens is 1060 g/mol. The molecule has 15 rings (SSSR count). The van der Waals surface area contributed by atoms with Crippen LogP contribution >= 0.6 is 15.9 Å². The molecule has 11 nitrogen and oxygen atoms in total. The van der Waals surface area contributed by atoms with E-state index in [1.807, 2.05) is 0 Å². The molecule has 79 heavy (non-hydrogen) atoms. The highest BCUT2D eigenvalue weighted by molar-refractivity contribution is 9.09. The van der Waals surface area contributed by atoms with Gasteiger partial charge in [0, 0.05) is 36.5 Å². The van der Waals surface area contributed by atoms with Crippen molar-refractivity contribution in [1.82, 2.24) is 0 Å². The molecule has 16 unspecified atom stereocenters. The topological polar surface area (TPSA) is 128 Å². The Labute approximate surface area is 481 Å². The highest BCUT2D eigenvalue weighted by atomic mass is 79.9. The minimum absolute atomic E-state index is 0.0268. The first kappa shape index (κ1) is 56.2. The summed E-state index contributed by atoms with van der Waals surface area (Å²) >= 11 is 3.96. The first-order valence-electron chi connectivity index (χ1n) is 31.9. The van der Waals surface area contributed by atoms with E-state index in [1.54, 1.807) is 0 Å². The van der Waals surface area contributed by atoms with Crippen molar-refractivity contribution in [2.24, 2.45) is 104 Å². The number of allylic oxidation sites excluding steroid dienone is 4. The molecule has 15 aliphatic rings. The van der Waals surface area contributed by atoms with Gasteiger partial charge < -0.3 is 43.0 Å². The van der Waals surface area contributed by atoms with E-state index in [0.717, 1.165) is 95.4 Å². The summed E-state index contributed by atoms with van der Waals surface area (Å²) in [6, 6.07) is 0. The molecule has 12 heteroatoms. The van der Waals surface area contributed by atoms with Gasteiger partial charge in [0.25, 0.3) is 0 Å². The van der Waals surface area contributed by atoms with E-state index in [4.69, 9.17) is 37.9 Å². The predicted molar refractivity (Wildman–Crippen MR) is 304 cm³/mol. The number of fused-ring (bicyclic) bond motifs is 18. The van der Waals surface area contributed by atoms with Crippen LogP contribution in [0.25, 0.3) is 0 Å². The number of aliphatic hydroxyl groups excluding tert-OH is 1. The number of hydrogen-bond donors (Lipinski definition) is 1. The summed E-state index contributed by atoms with van der Waals surface area (Å²) < 4.78 is 48.5. The molecule has 3 spiro atoms. The molecule has 0 radical (unpaired) electrons. The zero-order valence-corrected chi connectivity index (χ0v) is 50.8. The quantitative estimate of drug-likeness (QED) is 0.161. The van der Waals surface area contributed by atoms with Gasteiger partial charge in [-0.1, -0.05) is 87.9 Å². The van der Waals surface area contributed by atoms with Gasteiger partial charge in [0.1, 0.15) is 12.2 Å². The number of esters is 2. The monoisotopic (exact) mass is 1160 g/mol. The Bertz CT molecular complexity index is 2450. The molecule has 438 valence electrons. The molecule has 0 aromatic carbocycles. The van der Waals surface area contributed by atoms with Crippen LogP contribution in [0.5, 0.6) is 0 Å². The summed E-state index contributed by atoms with van der Waals surface area (Å²) in [7, 11) is 0. The molecular formula is C67H97BrO11. The molecule has 0 bridgehead atoms. The Morgan fingerprint density at radius 3 is 1.49 bits per heavy atom. The van der Waals surface area contributed by atoms with Crippen molar-refractivity contribution in [2.45, 2.75) is 211 Å². The van der Waals surface area contributed by atoms with E-state index >= 15 is 0 Å². The lowest BCUT2D eigenvalue weighted by atomic mass is 9.46. The lowest BCUT2D eigenvalue weighted by Crippen LogP contribution is -2.57. The lowest BCUT2D eigenvalue weighted by Gasteiger charge is -2.60. The van der Waals surface area contributed by atoms with Crippen LogP contribution in [0.1, 0.15) is 171 Å². The normalized spacial score (nSPS) is 51.9. The zero-order valence-electron chi connectivity index (χ0n) is 49.2. The highest BCUT2D eigenvalue weighted by Crippen LogP contribution is 2.72. The van der Waals surface area contributed by atoms with Gasteiger partial charge >= 0.3 is 11.9 Å². The van der Waals surface area contributed by atoms with Gasteiger partial charge in [-0.15, -0.1) is 0 Å². The minimum atomic E-state index is -0.459. The molecule has 8 saturated carbocycles. The lowest BCUT2D eigenvalue weighted by molar-refractivity contribution is -0.245. The third kappa shape index (κ3) is 8.40. The van der Waals surface area contributed by atoms with Gasteiger partial charge in [-0.3, -0.25) is 9.59 Å². The first-order valence-corrected chi connectivity index (χ1v) is 32.9. The number of rotatable bonds is 2. The van der Waals surface area contributed by atoms with Crippen LogP contribution in [0.3, 0.4) is 0 Å². The molecule has 22 atom stereocenters. The number of halogens is 1. The molecule has 3 heterocycles. The van der Waals surface area contributed by atoms with Gasteiger partial charge in [0.2, 0.25) is 0 Å². The summed E-state index contributed by atoms with van der Waals surface area (Å²) in [5.41, 5.74) is 1.08. The van der Waals surface area contributed by atoms with Crippen molar-refractivity contribution in [2.75, 3.05) is 39.6 Å². The summed E-state index contributed by atoms with van der Waals surface area (Å²) in [6.07, 6.45) is 39.3. The Balaban J connectivity index is 0.000000113. The largest absolute Gasteiger partial charge is 0.458 e. The average molecular weight is 1160 g/mol. The van der Waals surface area contributed by atoms with Gasteiger partial charge in [-0.25, -0.2) is 0 Å². The van der Waals surface area contributed by atoms with Crippen LogP contribution in [-0.2, 0) is 47.5 Å². The predicted octanol–water partition coefficient (Wildman–Crippen LogP) is 13.0. The standard InChI is InChI=1S/C23H33BrO4.C23H34O4.C21H30O3/c1-14(25)28-16-6-8-21(2)15(12-16)4-5-17-18(21)7-9-22(3)19(17)13-20(24)23(22)26-10-11-27-23;1-15(24)27-17-6-9-21(2)16(14-17)4-5-18-19(21)7-10-22(3)20(18)8-11-23(22)25-12-13-26-23;1-19-8-5-15(22)13-14(19)3-4-16-17(19)6-9-20(2)18(16)7-10-21(20)23-11-12-24-21/h6,8,15-20H,4-5,7,9-13H2,1-3H3;6,9,16-20H,4-5,7-8,10-14H2,1-3H3;5,7-8,10,14-18,22H,3-4,6,9,11-13H2,1-2H3/t15?,16?,17?,18?,19?,20?,21-,22-;16?,17?,18?,19?,20?,21-,22-;14?,15?,16?,17?,18?,19-,20-/m000/s1. The number of carbonyl (C=O) groups excluding carboxylic acids is 2. The summed E-state index contributed by atoms with van der Waals surface area (Å²) in [5, 5.41) is 10.1. The van der Waals surface area contributed by atoms with Gasteiger partial charge in [-0.2, -0.15) is 0 Å². The van der Waals surface area contributed by atoms with Crippen LogP contribution in [0, 0.1) is 104 Å². The molecule has 3 aliphatic heterocycles. The van der Waals surface area contributed by atoms with E-state index in [-0.39, 0.29) is 73.4 Å². The van der Waals surface area contributed by atoms with Crippen molar-refractivity contribution < 1.29 is 52.6 Å². The fourth-order valence-corrected chi connectivity index (χ4v) is 24.2. The van der Waals surface area contributed by atoms with Crippen LogP contribution in [0.4, 0.5) is 0 Å². The highest BCUT2D eigenvalue weighted by Gasteiger charge is 2.72. The fraction of sp³-hybridized carbons (Fsp3) is 0.851. The van der Waals surface area contributed by atoms with Crippen molar-refractivity contribution in [3.63, 3.8) is 0 Å². The maximum atomic E-state index is 11.4. The van der Waals surface area contributed by atoms with E-state index < -0.39 is 11.6 Å². The molecule has 1 N–H and O–H groups in total. The third-order valence-electron chi connectivity index (χ3n) is 27.0. The third-order valence-corrected chi connectivity index (χ3v) is 27.9. The number of aliphatic hydroxyl groups is 1. The second-order valence-electron chi connectivity index (χ2n) is 29.8. The van der Waals surface area contributed by atoms with Crippen LogP contribution in [0.2, 0.25) is 0 Å². The Morgan fingerprint density at radius 2 is 0.924 bits per heavy atom. The van der Waals surface area contributed by atoms with E-state index in [9.17, 15) is 14.7 Å². The Kier molecular flexibility index (Phi) is 14.3. The average Bonchev–Trinajstić information content (AvgIpc) is 3.42. The fourth-order valence-electron chi connectivity index (χ4n) is 23.0. The molecule has 12 aliphatic carbocycles. The molecule has 11 fully saturated rings. The molecule has 0 aromatic rings. The summed E-state index contributed by atoms with van der Waals surface area (Å²) in [6.45, 7) is 22.1. The maximum Gasteiger partial charge on any atom is 0.303 e. The van der Waals surface area contributed by atoms with Crippen molar-refractivity contribution >= 4 is 27.9 Å². The molecule has 3 saturated heterocycles.